The van der Waals surface area contributed by atoms with Crippen LogP contribution in [0.2, 0.25) is 0 Å². The first-order valence-electron chi connectivity index (χ1n) is 9.37. The zero-order valence-corrected chi connectivity index (χ0v) is 17.2. The topological polar surface area (TPSA) is 95.1 Å². The van der Waals surface area contributed by atoms with Gasteiger partial charge in [0.2, 0.25) is 11.1 Å². The minimum Gasteiger partial charge on any atom is -0.497 e. The lowest BCUT2D eigenvalue weighted by Gasteiger charge is -2.08. The molecule has 0 aliphatic rings. The van der Waals surface area contributed by atoms with Crippen LogP contribution < -0.4 is 15.9 Å². The van der Waals surface area contributed by atoms with Gasteiger partial charge in [-0.1, -0.05) is 60.3 Å². The van der Waals surface area contributed by atoms with Gasteiger partial charge < -0.3 is 15.9 Å². The Balaban J connectivity index is 1.38. The van der Waals surface area contributed by atoms with Gasteiger partial charge in [-0.25, -0.2) is 4.68 Å². The number of hydrogen-bond acceptors (Lipinski definition) is 6. The highest BCUT2D eigenvalue weighted by Crippen LogP contribution is 2.24. The summed E-state index contributed by atoms with van der Waals surface area (Å²) >= 11 is 1.25. The number of hydrogen-bond donors (Lipinski definition) is 2. The van der Waals surface area contributed by atoms with Gasteiger partial charge >= 0.3 is 0 Å². The zero-order valence-electron chi connectivity index (χ0n) is 16.4. The van der Waals surface area contributed by atoms with E-state index in [2.05, 4.69) is 15.5 Å². The lowest BCUT2D eigenvalue weighted by molar-refractivity contribution is -0.113. The molecule has 4 rings (SSSR count). The quantitative estimate of drug-likeness (QED) is 0.352. The minimum atomic E-state index is -0.129. The van der Waals surface area contributed by atoms with E-state index in [9.17, 15) is 4.79 Å². The van der Waals surface area contributed by atoms with Gasteiger partial charge in [0.1, 0.15) is 5.75 Å². The van der Waals surface area contributed by atoms with Crippen molar-refractivity contribution in [3.8, 4) is 5.75 Å². The smallest absolute Gasteiger partial charge is 0.234 e. The summed E-state index contributed by atoms with van der Waals surface area (Å²) < 4.78 is 6.60. The highest BCUT2D eigenvalue weighted by Gasteiger charge is 2.13. The monoisotopic (exact) mass is 419 g/mol. The number of fused-ring (bicyclic) bond motifs is 1. The highest BCUT2D eigenvalue weighted by atomic mass is 32.2. The number of methoxy groups -OCH3 is 1. The third kappa shape index (κ3) is 4.38. The number of nitrogens with one attached hydrogen (secondary N) is 1. The molecule has 0 spiro atoms. The number of nitrogens with zero attached hydrogens (tertiary/aromatic N) is 3. The maximum atomic E-state index is 12.5. The molecule has 0 saturated heterocycles. The fraction of sp³-hybridized carbons (Fsp3) is 0.136. The van der Waals surface area contributed by atoms with Crippen molar-refractivity contribution in [1.29, 1.82) is 0 Å². The average molecular weight is 420 g/mol. The third-order valence-electron chi connectivity index (χ3n) is 4.65. The molecule has 0 unspecified atom stereocenters. The molecule has 0 aliphatic heterocycles. The summed E-state index contributed by atoms with van der Waals surface area (Å²) in [6.45, 7) is 0. The molecule has 0 atom stereocenters. The SMILES string of the molecule is COc1ccc(Cc2nnc(SCC(=O)Nc3cccc4ccccc34)n2N)cc1. The van der Waals surface area contributed by atoms with Gasteiger partial charge in [-0.05, 0) is 29.1 Å². The fourth-order valence-electron chi connectivity index (χ4n) is 3.10. The summed E-state index contributed by atoms with van der Waals surface area (Å²) in [5.41, 5.74) is 1.83. The highest BCUT2D eigenvalue weighted by molar-refractivity contribution is 7.99. The van der Waals surface area contributed by atoms with E-state index in [0.29, 0.717) is 17.4 Å². The Morgan fingerprint density at radius 1 is 1.07 bits per heavy atom. The van der Waals surface area contributed by atoms with E-state index in [4.69, 9.17) is 10.6 Å². The maximum absolute atomic E-state index is 12.5. The second-order valence-corrected chi connectivity index (χ2v) is 7.60. The molecule has 4 aromatic rings. The number of benzene rings is 3. The van der Waals surface area contributed by atoms with Crippen molar-refractivity contribution >= 4 is 34.1 Å². The van der Waals surface area contributed by atoms with Crippen molar-refractivity contribution in [3.63, 3.8) is 0 Å². The van der Waals surface area contributed by atoms with Crippen molar-refractivity contribution in [2.24, 2.45) is 0 Å². The van der Waals surface area contributed by atoms with Crippen LogP contribution in [0.4, 0.5) is 5.69 Å². The molecule has 3 N–H and O–H groups in total. The zero-order chi connectivity index (χ0) is 20.9. The van der Waals surface area contributed by atoms with Crippen LogP contribution >= 0.6 is 11.8 Å². The van der Waals surface area contributed by atoms with Gasteiger partial charge in [0.15, 0.2) is 5.82 Å². The fourth-order valence-corrected chi connectivity index (χ4v) is 3.78. The Kier molecular flexibility index (Phi) is 5.85. The van der Waals surface area contributed by atoms with E-state index in [-0.39, 0.29) is 11.7 Å². The second-order valence-electron chi connectivity index (χ2n) is 6.66. The number of aromatic nitrogens is 3. The number of rotatable bonds is 7. The molecule has 0 saturated carbocycles. The third-order valence-corrected chi connectivity index (χ3v) is 5.60. The number of carbonyl (C=O) groups excluding carboxylic acids is 1. The Morgan fingerprint density at radius 2 is 1.83 bits per heavy atom. The van der Waals surface area contributed by atoms with Gasteiger partial charge in [-0.15, -0.1) is 10.2 Å². The summed E-state index contributed by atoms with van der Waals surface area (Å²) in [5.74, 6) is 7.60. The molecule has 0 fully saturated rings. The number of thioether (sulfide) groups is 1. The van der Waals surface area contributed by atoms with Crippen LogP contribution in [-0.2, 0) is 11.2 Å². The van der Waals surface area contributed by atoms with Crippen LogP contribution in [0.15, 0.2) is 71.9 Å². The molecule has 152 valence electrons. The molecule has 0 radical (unpaired) electrons. The standard InChI is InChI=1S/C22H21N5O2S/c1-29-17-11-9-15(10-12-17)13-20-25-26-22(27(20)23)30-14-21(28)24-19-8-4-6-16-5-2-3-7-18(16)19/h2-12H,13-14,23H2,1H3,(H,24,28). The van der Waals surface area contributed by atoms with Crippen LogP contribution in [0.3, 0.4) is 0 Å². The van der Waals surface area contributed by atoms with Crippen LogP contribution in [0.5, 0.6) is 5.75 Å². The van der Waals surface area contributed by atoms with Crippen molar-refractivity contribution in [1.82, 2.24) is 14.9 Å². The van der Waals surface area contributed by atoms with Crippen LogP contribution in [0.1, 0.15) is 11.4 Å². The van der Waals surface area contributed by atoms with E-state index in [1.54, 1.807) is 7.11 Å². The van der Waals surface area contributed by atoms with E-state index in [0.717, 1.165) is 27.8 Å². The Hall–Kier alpha value is -3.52. The predicted molar refractivity (Wildman–Crippen MR) is 119 cm³/mol. The summed E-state index contributed by atoms with van der Waals surface area (Å²) in [5, 5.41) is 13.8. The summed E-state index contributed by atoms with van der Waals surface area (Å²) in [6.07, 6.45) is 0.538. The largest absolute Gasteiger partial charge is 0.497 e. The minimum absolute atomic E-state index is 0.129. The Labute approximate surface area is 178 Å². The molecule has 0 aliphatic carbocycles. The molecule has 3 aromatic carbocycles. The molecule has 7 nitrogen and oxygen atoms in total. The maximum Gasteiger partial charge on any atom is 0.234 e. The van der Waals surface area contributed by atoms with Crippen LogP contribution in [-0.4, -0.2) is 33.6 Å². The normalized spacial score (nSPS) is 10.8. The number of anilines is 1. The number of ether oxygens (including phenoxy) is 1. The molecule has 30 heavy (non-hydrogen) atoms. The molecule has 1 heterocycles. The summed E-state index contributed by atoms with van der Waals surface area (Å²) in [6, 6.07) is 21.4. The van der Waals surface area contributed by atoms with E-state index in [1.165, 1.54) is 16.4 Å². The number of amides is 1. The van der Waals surface area contributed by atoms with E-state index >= 15 is 0 Å². The van der Waals surface area contributed by atoms with Gasteiger partial charge in [0.25, 0.3) is 0 Å². The number of nitrogen functional groups attached to an aromatic ring is 1. The van der Waals surface area contributed by atoms with Gasteiger partial charge in [0.05, 0.1) is 12.9 Å². The summed E-state index contributed by atoms with van der Waals surface area (Å²) in [4.78, 5) is 12.5. The first-order chi connectivity index (χ1) is 14.6. The van der Waals surface area contributed by atoms with Crippen LogP contribution in [0.25, 0.3) is 10.8 Å². The predicted octanol–water partition coefficient (Wildman–Crippen LogP) is 3.48. The van der Waals surface area contributed by atoms with E-state index < -0.39 is 0 Å². The van der Waals surface area contributed by atoms with Crippen molar-refractivity contribution in [3.05, 3.63) is 78.1 Å². The average Bonchev–Trinajstić information content (AvgIpc) is 3.12. The lowest BCUT2D eigenvalue weighted by Crippen LogP contribution is -2.17. The number of carbonyl (C=O) groups is 1. The van der Waals surface area contributed by atoms with Gasteiger partial charge in [-0.3, -0.25) is 4.79 Å². The van der Waals surface area contributed by atoms with Crippen molar-refractivity contribution in [2.75, 3.05) is 24.0 Å². The lowest BCUT2D eigenvalue weighted by atomic mass is 10.1. The molecular formula is C22H21N5O2S. The molecule has 1 amide bonds. The second kappa shape index (κ2) is 8.87. The molecule has 0 bridgehead atoms. The van der Waals surface area contributed by atoms with Gasteiger partial charge in [0, 0.05) is 17.5 Å². The van der Waals surface area contributed by atoms with Crippen molar-refractivity contribution in [2.45, 2.75) is 11.6 Å². The number of nitrogens with two attached hydrogens (primary N) is 1. The molecule has 1 aromatic heterocycles. The van der Waals surface area contributed by atoms with Gasteiger partial charge in [-0.2, -0.15) is 0 Å². The summed E-state index contributed by atoms with van der Waals surface area (Å²) in [7, 11) is 1.63. The van der Waals surface area contributed by atoms with Crippen molar-refractivity contribution < 1.29 is 9.53 Å². The Morgan fingerprint density at radius 3 is 2.63 bits per heavy atom. The molecule has 8 heteroatoms. The Bertz CT molecular complexity index is 1170. The van der Waals surface area contributed by atoms with E-state index in [1.807, 2.05) is 66.7 Å². The first-order valence-corrected chi connectivity index (χ1v) is 10.4. The first kappa shape index (κ1) is 19.8. The molecular weight excluding hydrogens is 398 g/mol. The van der Waals surface area contributed by atoms with Crippen LogP contribution in [0, 0.1) is 0 Å².